The first-order valence-corrected chi connectivity index (χ1v) is 4.01. The van der Waals surface area contributed by atoms with Gasteiger partial charge in [0.05, 0.1) is 6.42 Å². The number of hydrogen-bond acceptors (Lipinski definition) is 4. The van der Waals surface area contributed by atoms with E-state index in [1.807, 2.05) is 6.92 Å². The third-order valence-electron chi connectivity index (χ3n) is 1.28. The Kier molecular flexibility index (Phi) is 2.41. The van der Waals surface area contributed by atoms with Crippen molar-refractivity contribution in [1.29, 1.82) is 0 Å². The maximum Gasteiger partial charge on any atom is 0.306 e. The van der Waals surface area contributed by atoms with E-state index in [0.717, 1.165) is 9.97 Å². The second kappa shape index (κ2) is 3.15. The summed E-state index contributed by atoms with van der Waals surface area (Å²) in [4.78, 5) is 11.2. The predicted octanol–water partition coefficient (Wildman–Crippen LogP) is 1.09. The summed E-state index contributed by atoms with van der Waals surface area (Å²) in [7, 11) is 0. The van der Waals surface area contributed by atoms with Crippen LogP contribution in [-0.4, -0.2) is 26.7 Å². The largest absolute Gasteiger partial charge is 0.481 e. The van der Waals surface area contributed by atoms with Crippen molar-refractivity contribution in [2.75, 3.05) is 0 Å². The molecule has 1 aliphatic heterocycles. The van der Waals surface area contributed by atoms with Gasteiger partial charge in [-0.3, -0.25) is 10.0 Å². The lowest BCUT2D eigenvalue weighted by Crippen LogP contribution is -2.23. The highest BCUT2D eigenvalue weighted by Crippen LogP contribution is 2.32. The van der Waals surface area contributed by atoms with E-state index in [9.17, 15) is 4.79 Å². The molecule has 4 nitrogen and oxygen atoms in total. The van der Waals surface area contributed by atoms with Gasteiger partial charge in [-0.25, -0.2) is 5.06 Å². The maximum absolute atomic E-state index is 10.2. The fourth-order valence-electron chi connectivity index (χ4n) is 0.853. The molecule has 1 unspecified atom stereocenters. The summed E-state index contributed by atoms with van der Waals surface area (Å²) in [6.07, 6.45) is 1.48. The summed E-state index contributed by atoms with van der Waals surface area (Å²) >= 11 is 1.36. The molecule has 0 aromatic carbocycles. The van der Waals surface area contributed by atoms with Gasteiger partial charge in [-0.15, -0.1) is 11.8 Å². The molecule has 2 N–H and O–H groups in total. The summed E-state index contributed by atoms with van der Waals surface area (Å²) < 4.78 is 0. The minimum atomic E-state index is -0.898. The topological polar surface area (TPSA) is 60.8 Å². The van der Waals surface area contributed by atoms with Crippen LogP contribution in [0.2, 0.25) is 0 Å². The highest BCUT2D eigenvalue weighted by Gasteiger charge is 2.24. The summed E-state index contributed by atoms with van der Waals surface area (Å²) in [6, 6.07) is 0. The molecule has 0 aromatic heterocycles. The molecule has 5 heteroatoms. The Morgan fingerprint density at radius 3 is 2.91 bits per heavy atom. The number of hydrogen-bond donors (Lipinski definition) is 2. The SMILES string of the molecule is CC1=CN(O)C(CC(=O)O)S1. The number of carbonyl (C=O) groups is 1. The van der Waals surface area contributed by atoms with Gasteiger partial charge in [-0.1, -0.05) is 0 Å². The molecule has 0 bridgehead atoms. The Hall–Kier alpha value is -0.680. The zero-order chi connectivity index (χ0) is 8.43. The fourth-order valence-corrected chi connectivity index (χ4v) is 1.85. The molecular weight excluding hydrogens is 166 g/mol. The summed E-state index contributed by atoms with van der Waals surface area (Å²) in [6.45, 7) is 1.83. The zero-order valence-electron chi connectivity index (χ0n) is 6.02. The van der Waals surface area contributed by atoms with E-state index in [-0.39, 0.29) is 11.8 Å². The van der Waals surface area contributed by atoms with Crippen molar-refractivity contribution in [3.05, 3.63) is 11.1 Å². The van der Waals surface area contributed by atoms with Crippen LogP contribution in [-0.2, 0) is 4.79 Å². The van der Waals surface area contributed by atoms with Crippen molar-refractivity contribution >= 4 is 17.7 Å². The molecule has 1 rings (SSSR count). The van der Waals surface area contributed by atoms with Gasteiger partial charge in [-0.05, 0) is 6.92 Å². The first-order valence-electron chi connectivity index (χ1n) is 3.13. The quantitative estimate of drug-likeness (QED) is 0.657. The normalized spacial score (nSPS) is 23.6. The van der Waals surface area contributed by atoms with E-state index in [1.165, 1.54) is 18.0 Å². The second-order valence-corrected chi connectivity index (χ2v) is 3.71. The number of hydroxylamine groups is 2. The van der Waals surface area contributed by atoms with Crippen LogP contribution in [0.4, 0.5) is 0 Å². The third kappa shape index (κ3) is 2.13. The lowest BCUT2D eigenvalue weighted by atomic mass is 10.4. The molecule has 0 saturated carbocycles. The Balaban J connectivity index is 2.46. The first-order chi connectivity index (χ1) is 5.09. The van der Waals surface area contributed by atoms with Gasteiger partial charge in [0.15, 0.2) is 0 Å². The smallest absolute Gasteiger partial charge is 0.306 e. The number of rotatable bonds is 2. The molecular formula is C6H9NO3S. The van der Waals surface area contributed by atoms with Crippen molar-refractivity contribution < 1.29 is 15.1 Å². The van der Waals surface area contributed by atoms with E-state index in [2.05, 4.69) is 0 Å². The Morgan fingerprint density at radius 1 is 1.91 bits per heavy atom. The maximum atomic E-state index is 10.2. The molecule has 0 aromatic rings. The van der Waals surface area contributed by atoms with Gasteiger partial charge < -0.3 is 5.11 Å². The number of nitrogens with zero attached hydrogens (tertiary/aromatic N) is 1. The van der Waals surface area contributed by atoms with Gasteiger partial charge in [0.2, 0.25) is 0 Å². The monoisotopic (exact) mass is 175 g/mol. The molecule has 1 atom stereocenters. The number of carboxylic acid groups (broad SMARTS) is 1. The van der Waals surface area contributed by atoms with Gasteiger partial charge in [0.25, 0.3) is 0 Å². The van der Waals surface area contributed by atoms with E-state index < -0.39 is 5.97 Å². The van der Waals surface area contributed by atoms with Crippen molar-refractivity contribution in [2.45, 2.75) is 18.7 Å². The van der Waals surface area contributed by atoms with Crippen molar-refractivity contribution in [1.82, 2.24) is 5.06 Å². The molecule has 0 fully saturated rings. The predicted molar refractivity (Wildman–Crippen MR) is 41.0 cm³/mol. The molecule has 0 amide bonds. The lowest BCUT2D eigenvalue weighted by Gasteiger charge is -2.14. The zero-order valence-corrected chi connectivity index (χ0v) is 6.84. The van der Waals surface area contributed by atoms with Gasteiger partial charge in [0.1, 0.15) is 5.37 Å². The van der Waals surface area contributed by atoms with Crippen molar-refractivity contribution in [3.8, 4) is 0 Å². The van der Waals surface area contributed by atoms with Crippen molar-refractivity contribution in [2.24, 2.45) is 0 Å². The van der Waals surface area contributed by atoms with Crippen LogP contribution >= 0.6 is 11.8 Å². The minimum absolute atomic E-state index is 0.0466. The Labute approximate surface area is 68.5 Å². The average Bonchev–Trinajstić information content (AvgIpc) is 2.09. The van der Waals surface area contributed by atoms with Crippen LogP contribution in [0.5, 0.6) is 0 Å². The Bertz CT molecular complexity index is 204. The number of thioether (sulfide) groups is 1. The molecule has 0 spiro atoms. The number of allylic oxidation sites excluding steroid dienone is 1. The van der Waals surface area contributed by atoms with Gasteiger partial charge in [0, 0.05) is 11.1 Å². The van der Waals surface area contributed by atoms with Crippen LogP contribution in [0.25, 0.3) is 0 Å². The number of carboxylic acids is 1. The molecule has 0 aliphatic carbocycles. The van der Waals surface area contributed by atoms with Crippen LogP contribution in [0.1, 0.15) is 13.3 Å². The molecule has 11 heavy (non-hydrogen) atoms. The summed E-state index contributed by atoms with van der Waals surface area (Å²) in [5.41, 5.74) is 0. The van der Waals surface area contributed by atoms with E-state index >= 15 is 0 Å². The van der Waals surface area contributed by atoms with Gasteiger partial charge >= 0.3 is 5.97 Å². The lowest BCUT2D eigenvalue weighted by molar-refractivity contribution is -0.140. The molecule has 0 radical (unpaired) electrons. The third-order valence-corrected chi connectivity index (χ3v) is 2.41. The van der Waals surface area contributed by atoms with Crippen molar-refractivity contribution in [3.63, 3.8) is 0 Å². The summed E-state index contributed by atoms with van der Waals surface area (Å²) in [5.74, 6) is -0.898. The highest BCUT2D eigenvalue weighted by molar-refractivity contribution is 8.03. The van der Waals surface area contributed by atoms with Crippen LogP contribution in [0.3, 0.4) is 0 Å². The molecule has 1 aliphatic rings. The molecule has 62 valence electrons. The number of aliphatic carboxylic acids is 1. The standard InChI is InChI=1S/C6H9NO3S/c1-4-3-7(10)5(11-4)2-6(8)9/h3,5,10H,2H2,1H3,(H,8,9). The highest BCUT2D eigenvalue weighted by atomic mass is 32.2. The average molecular weight is 175 g/mol. The van der Waals surface area contributed by atoms with Crippen LogP contribution in [0.15, 0.2) is 11.1 Å². The second-order valence-electron chi connectivity index (χ2n) is 2.29. The van der Waals surface area contributed by atoms with Crippen LogP contribution in [0, 0.1) is 0 Å². The first kappa shape index (κ1) is 8.42. The Morgan fingerprint density at radius 2 is 2.55 bits per heavy atom. The molecule has 0 saturated heterocycles. The molecule has 1 heterocycles. The summed E-state index contributed by atoms with van der Waals surface area (Å²) in [5, 5.41) is 18.1. The fraction of sp³-hybridized carbons (Fsp3) is 0.500. The van der Waals surface area contributed by atoms with E-state index in [4.69, 9.17) is 10.3 Å². The van der Waals surface area contributed by atoms with Crippen LogP contribution < -0.4 is 0 Å². The van der Waals surface area contributed by atoms with Gasteiger partial charge in [-0.2, -0.15) is 0 Å². The van der Waals surface area contributed by atoms with E-state index in [0.29, 0.717) is 0 Å². The van der Waals surface area contributed by atoms with E-state index in [1.54, 1.807) is 0 Å². The minimum Gasteiger partial charge on any atom is -0.481 e.